The van der Waals surface area contributed by atoms with Crippen molar-refractivity contribution in [3.05, 3.63) is 24.3 Å². The van der Waals surface area contributed by atoms with E-state index >= 15 is 0 Å². The summed E-state index contributed by atoms with van der Waals surface area (Å²) in [5.74, 6) is 0.993. The molecular formula is C11H16N2OS. The monoisotopic (exact) mass is 224 g/mol. The Labute approximate surface area is 94.6 Å². The molecule has 0 saturated carbocycles. The van der Waals surface area contributed by atoms with Crippen LogP contribution in [0.15, 0.2) is 24.3 Å². The number of nitrogens with zero attached hydrogens (tertiary/aromatic N) is 1. The summed E-state index contributed by atoms with van der Waals surface area (Å²) < 4.78 is 0. The van der Waals surface area contributed by atoms with Crippen LogP contribution in [-0.4, -0.2) is 25.0 Å². The van der Waals surface area contributed by atoms with Gasteiger partial charge >= 0.3 is 0 Å². The van der Waals surface area contributed by atoms with Crippen LogP contribution in [0.1, 0.15) is 6.42 Å². The fourth-order valence-electron chi connectivity index (χ4n) is 1.20. The summed E-state index contributed by atoms with van der Waals surface area (Å²) >= 11 is 1.68. The highest BCUT2D eigenvalue weighted by Gasteiger charge is 2.09. The number of thioether (sulfide) groups is 1. The van der Waals surface area contributed by atoms with Crippen molar-refractivity contribution >= 4 is 29.0 Å². The maximum absolute atomic E-state index is 11.7. The van der Waals surface area contributed by atoms with E-state index in [-0.39, 0.29) is 5.91 Å². The summed E-state index contributed by atoms with van der Waals surface area (Å²) in [4.78, 5) is 13.3. The summed E-state index contributed by atoms with van der Waals surface area (Å²) in [6.45, 7) is 0. The molecule has 0 unspecified atom stereocenters. The van der Waals surface area contributed by atoms with Gasteiger partial charge in [-0.1, -0.05) is 0 Å². The summed E-state index contributed by atoms with van der Waals surface area (Å²) in [5, 5.41) is 0. The molecule has 0 saturated heterocycles. The van der Waals surface area contributed by atoms with E-state index < -0.39 is 0 Å². The lowest BCUT2D eigenvalue weighted by atomic mass is 10.2. The molecule has 2 N–H and O–H groups in total. The number of carbonyl (C=O) groups excluding carboxylic acids is 1. The molecular weight excluding hydrogens is 208 g/mol. The van der Waals surface area contributed by atoms with E-state index in [0.29, 0.717) is 12.1 Å². The third-order valence-electron chi connectivity index (χ3n) is 2.17. The molecule has 3 nitrogen and oxygen atoms in total. The van der Waals surface area contributed by atoms with Crippen LogP contribution >= 0.6 is 11.8 Å². The average molecular weight is 224 g/mol. The van der Waals surface area contributed by atoms with Crippen LogP contribution in [0.5, 0.6) is 0 Å². The molecule has 15 heavy (non-hydrogen) atoms. The van der Waals surface area contributed by atoms with Crippen LogP contribution in [0.2, 0.25) is 0 Å². The fourth-order valence-corrected chi connectivity index (χ4v) is 1.58. The van der Waals surface area contributed by atoms with Gasteiger partial charge in [-0.15, -0.1) is 0 Å². The van der Waals surface area contributed by atoms with E-state index in [9.17, 15) is 4.79 Å². The maximum Gasteiger partial charge on any atom is 0.227 e. The van der Waals surface area contributed by atoms with Crippen molar-refractivity contribution in [1.29, 1.82) is 0 Å². The van der Waals surface area contributed by atoms with Crippen LogP contribution in [0.4, 0.5) is 11.4 Å². The van der Waals surface area contributed by atoms with Crippen molar-refractivity contribution in [1.82, 2.24) is 0 Å². The highest BCUT2D eigenvalue weighted by molar-refractivity contribution is 7.98. The molecule has 1 amide bonds. The van der Waals surface area contributed by atoms with Crippen LogP contribution in [0.25, 0.3) is 0 Å². The summed E-state index contributed by atoms with van der Waals surface area (Å²) in [5.41, 5.74) is 7.17. The third-order valence-corrected chi connectivity index (χ3v) is 2.79. The van der Waals surface area contributed by atoms with Crippen molar-refractivity contribution in [2.24, 2.45) is 0 Å². The van der Waals surface area contributed by atoms with Gasteiger partial charge in [0.25, 0.3) is 0 Å². The van der Waals surface area contributed by atoms with E-state index in [1.807, 2.05) is 18.4 Å². The molecule has 0 atom stereocenters. The van der Waals surface area contributed by atoms with Crippen LogP contribution in [-0.2, 0) is 4.79 Å². The third kappa shape index (κ3) is 3.47. The highest BCUT2D eigenvalue weighted by atomic mass is 32.2. The number of nitrogens with two attached hydrogens (primary N) is 1. The largest absolute Gasteiger partial charge is 0.399 e. The number of carbonyl (C=O) groups is 1. The molecule has 0 heterocycles. The first kappa shape index (κ1) is 11.9. The Hall–Kier alpha value is -1.16. The number of benzene rings is 1. The van der Waals surface area contributed by atoms with Gasteiger partial charge in [0.1, 0.15) is 0 Å². The van der Waals surface area contributed by atoms with E-state index in [1.54, 1.807) is 35.8 Å². The van der Waals surface area contributed by atoms with Crippen LogP contribution in [0.3, 0.4) is 0 Å². The predicted octanol–water partition coefficient (Wildman–Crippen LogP) is 1.98. The first-order valence-corrected chi connectivity index (χ1v) is 6.15. The van der Waals surface area contributed by atoms with Gasteiger partial charge in [-0.2, -0.15) is 11.8 Å². The second-order valence-electron chi connectivity index (χ2n) is 3.29. The molecule has 0 radical (unpaired) electrons. The second kappa shape index (κ2) is 5.66. The summed E-state index contributed by atoms with van der Waals surface area (Å²) in [6, 6.07) is 7.31. The Morgan fingerprint density at radius 1 is 1.40 bits per heavy atom. The van der Waals surface area contributed by atoms with Gasteiger partial charge in [0.15, 0.2) is 0 Å². The Morgan fingerprint density at radius 3 is 2.53 bits per heavy atom. The molecule has 0 aliphatic carbocycles. The van der Waals surface area contributed by atoms with Crippen molar-refractivity contribution in [2.75, 3.05) is 29.7 Å². The SMILES string of the molecule is CSCCC(=O)N(C)c1ccc(N)cc1. The number of nitrogen functional groups attached to an aromatic ring is 1. The van der Waals surface area contributed by atoms with Gasteiger partial charge in [-0.05, 0) is 30.5 Å². The number of hydrogen-bond donors (Lipinski definition) is 1. The van der Waals surface area contributed by atoms with Crippen LogP contribution in [0, 0.1) is 0 Å². The Morgan fingerprint density at radius 2 is 2.00 bits per heavy atom. The first-order valence-electron chi connectivity index (χ1n) is 4.76. The first-order chi connectivity index (χ1) is 7.15. The van der Waals surface area contributed by atoms with Crippen LogP contribution < -0.4 is 10.6 Å². The van der Waals surface area contributed by atoms with Gasteiger partial charge < -0.3 is 10.6 Å². The number of anilines is 2. The number of rotatable bonds is 4. The minimum absolute atomic E-state index is 0.133. The van der Waals surface area contributed by atoms with E-state index in [1.165, 1.54) is 0 Å². The minimum Gasteiger partial charge on any atom is -0.399 e. The molecule has 0 aliphatic heterocycles. The van der Waals surface area contributed by atoms with Crippen molar-refractivity contribution < 1.29 is 4.79 Å². The summed E-state index contributed by atoms with van der Waals surface area (Å²) in [6.07, 6.45) is 2.57. The molecule has 0 aromatic heterocycles. The van der Waals surface area contributed by atoms with Crippen molar-refractivity contribution in [3.8, 4) is 0 Å². The Balaban J connectivity index is 2.63. The van der Waals surface area contributed by atoms with Crippen molar-refractivity contribution in [3.63, 3.8) is 0 Å². The van der Waals surface area contributed by atoms with E-state index in [0.717, 1.165) is 11.4 Å². The smallest absolute Gasteiger partial charge is 0.227 e. The van der Waals surface area contributed by atoms with E-state index in [2.05, 4.69) is 0 Å². The fraction of sp³-hybridized carbons (Fsp3) is 0.364. The average Bonchev–Trinajstić information content (AvgIpc) is 2.26. The molecule has 0 spiro atoms. The Bertz CT molecular complexity index is 324. The lowest BCUT2D eigenvalue weighted by Crippen LogP contribution is -2.26. The van der Waals surface area contributed by atoms with Gasteiger partial charge in [-0.25, -0.2) is 0 Å². The van der Waals surface area contributed by atoms with Gasteiger partial charge in [-0.3, -0.25) is 4.79 Å². The quantitative estimate of drug-likeness (QED) is 0.795. The van der Waals surface area contributed by atoms with E-state index in [4.69, 9.17) is 5.73 Å². The van der Waals surface area contributed by atoms with Crippen molar-refractivity contribution in [2.45, 2.75) is 6.42 Å². The molecule has 1 rings (SSSR count). The standard InChI is InChI=1S/C11H16N2OS/c1-13(11(14)7-8-15-2)10-5-3-9(12)4-6-10/h3-6H,7-8,12H2,1-2H3. The second-order valence-corrected chi connectivity index (χ2v) is 4.27. The van der Waals surface area contributed by atoms with Gasteiger partial charge in [0, 0.05) is 30.6 Å². The predicted molar refractivity (Wildman–Crippen MR) is 67.3 cm³/mol. The van der Waals surface area contributed by atoms with Gasteiger partial charge in [0.05, 0.1) is 0 Å². The molecule has 82 valence electrons. The summed E-state index contributed by atoms with van der Waals surface area (Å²) in [7, 11) is 1.79. The topological polar surface area (TPSA) is 46.3 Å². The number of hydrogen-bond acceptors (Lipinski definition) is 3. The zero-order valence-electron chi connectivity index (χ0n) is 9.06. The minimum atomic E-state index is 0.133. The highest BCUT2D eigenvalue weighted by Crippen LogP contribution is 2.15. The zero-order valence-corrected chi connectivity index (χ0v) is 9.88. The molecule has 1 aromatic rings. The van der Waals surface area contributed by atoms with Gasteiger partial charge in [0.2, 0.25) is 5.91 Å². The molecule has 0 fully saturated rings. The molecule has 4 heteroatoms. The zero-order chi connectivity index (χ0) is 11.3. The maximum atomic E-state index is 11.7. The molecule has 1 aromatic carbocycles. The molecule has 0 aliphatic rings. The normalized spacial score (nSPS) is 10.0. The number of amides is 1. The molecule has 0 bridgehead atoms. The lowest BCUT2D eigenvalue weighted by Gasteiger charge is -2.17. The lowest BCUT2D eigenvalue weighted by molar-refractivity contribution is -0.117. The Kier molecular flexibility index (Phi) is 4.49.